The monoisotopic (exact) mass is 380 g/mol. The molecular weight excluding hydrogens is 356 g/mol. The summed E-state index contributed by atoms with van der Waals surface area (Å²) in [6.45, 7) is 4.79. The molecule has 1 atom stereocenters. The zero-order chi connectivity index (χ0) is 18.4. The van der Waals surface area contributed by atoms with Gasteiger partial charge in [-0.1, -0.05) is 0 Å². The lowest BCUT2D eigenvalue weighted by molar-refractivity contribution is 0.426. The van der Waals surface area contributed by atoms with Gasteiger partial charge in [0.2, 0.25) is 0 Å². The van der Waals surface area contributed by atoms with Gasteiger partial charge in [-0.25, -0.2) is 13.5 Å². The van der Waals surface area contributed by atoms with Crippen LogP contribution in [0.4, 0.5) is 0 Å². The van der Waals surface area contributed by atoms with Gasteiger partial charge in [-0.15, -0.1) is 0 Å². The summed E-state index contributed by atoms with van der Waals surface area (Å²) in [7, 11) is 0. The average Bonchev–Trinajstić information content (AvgIpc) is 3.37. The van der Waals surface area contributed by atoms with Gasteiger partial charge in [-0.05, 0) is 78.7 Å². The second-order valence-corrected chi connectivity index (χ2v) is 8.39. The second kappa shape index (κ2) is 6.86. The lowest BCUT2D eigenvalue weighted by atomic mass is 9.87. The molecule has 1 saturated heterocycles. The van der Waals surface area contributed by atoms with Crippen LogP contribution < -0.4 is 5.32 Å². The number of nitrogens with zero attached hydrogens (tertiary/aromatic N) is 2. The van der Waals surface area contributed by atoms with Crippen LogP contribution in [-0.2, 0) is 24.8 Å². The first-order chi connectivity index (χ1) is 13.2. The first-order valence-electron chi connectivity index (χ1n) is 9.64. The molecule has 5 rings (SSSR count). The van der Waals surface area contributed by atoms with Crippen molar-refractivity contribution in [2.24, 2.45) is 0 Å². The maximum atomic E-state index is 11.4. The SMILES string of the molecule is Cc1c[nH]c2ncc(-c3cc4c(c(C5CCCN5)c3)CCN([SH]=O)C4)cc12. The van der Waals surface area contributed by atoms with E-state index in [1.807, 2.05) is 16.7 Å². The molecule has 6 heteroatoms. The zero-order valence-corrected chi connectivity index (χ0v) is 16.4. The van der Waals surface area contributed by atoms with Crippen LogP contribution in [-0.4, -0.2) is 31.6 Å². The van der Waals surface area contributed by atoms with E-state index in [9.17, 15) is 4.21 Å². The summed E-state index contributed by atoms with van der Waals surface area (Å²) in [5, 5.41) is 4.84. The molecular formula is C21H24N4OS. The summed E-state index contributed by atoms with van der Waals surface area (Å²) in [5.41, 5.74) is 8.67. The van der Waals surface area contributed by atoms with Gasteiger partial charge in [-0.2, -0.15) is 0 Å². The largest absolute Gasteiger partial charge is 0.346 e. The molecule has 0 spiro atoms. The van der Waals surface area contributed by atoms with Crippen molar-refractivity contribution in [2.45, 2.75) is 38.8 Å². The molecule has 4 heterocycles. The van der Waals surface area contributed by atoms with Gasteiger partial charge in [0.15, 0.2) is 0 Å². The fraction of sp³-hybridized carbons (Fsp3) is 0.381. The molecule has 2 aliphatic heterocycles. The highest BCUT2D eigenvalue weighted by Gasteiger charge is 2.25. The third-order valence-electron chi connectivity index (χ3n) is 5.97. The average molecular weight is 381 g/mol. The van der Waals surface area contributed by atoms with Gasteiger partial charge in [0.05, 0.1) is 11.9 Å². The molecule has 0 radical (unpaired) electrons. The van der Waals surface area contributed by atoms with E-state index in [0.717, 1.165) is 37.3 Å². The highest BCUT2D eigenvalue weighted by molar-refractivity contribution is 7.62. The molecule has 0 saturated carbocycles. The van der Waals surface area contributed by atoms with Crippen LogP contribution in [0.3, 0.4) is 0 Å². The smallest absolute Gasteiger partial charge is 0.137 e. The number of hydrogen-bond donors (Lipinski definition) is 3. The maximum absolute atomic E-state index is 11.4. The Hall–Kier alpha value is -2.02. The van der Waals surface area contributed by atoms with Crippen molar-refractivity contribution in [3.05, 3.63) is 52.8 Å². The minimum atomic E-state index is 0.116. The minimum Gasteiger partial charge on any atom is -0.346 e. The van der Waals surface area contributed by atoms with Gasteiger partial charge in [0.25, 0.3) is 0 Å². The molecule has 1 aromatic carbocycles. The molecule has 0 aliphatic carbocycles. The molecule has 27 heavy (non-hydrogen) atoms. The zero-order valence-electron chi connectivity index (χ0n) is 15.5. The summed E-state index contributed by atoms with van der Waals surface area (Å²) in [5.74, 6) is 0. The number of nitrogens with one attached hydrogen (secondary N) is 2. The van der Waals surface area contributed by atoms with Crippen molar-refractivity contribution >= 4 is 22.9 Å². The number of aryl methyl sites for hydroxylation is 1. The van der Waals surface area contributed by atoms with Gasteiger partial charge in [-0.3, -0.25) is 0 Å². The number of hydrogen-bond acceptors (Lipinski definition) is 3. The Kier molecular flexibility index (Phi) is 4.34. The second-order valence-electron chi connectivity index (χ2n) is 7.66. The van der Waals surface area contributed by atoms with E-state index in [-0.39, 0.29) is 11.9 Å². The standard InChI is InChI=1S/C21H24N4OS/c1-13-10-23-21-18(13)9-15(11-24-21)14-7-16-12-25(27-26)6-4-17(16)19(8-14)20-3-2-5-22-20/h7-11,20,22,27H,2-6,12H2,1H3,(H,23,24). The fourth-order valence-corrected chi connectivity index (χ4v) is 4.90. The Morgan fingerprint density at radius 1 is 1.26 bits per heavy atom. The van der Waals surface area contributed by atoms with Crippen molar-refractivity contribution in [2.75, 3.05) is 13.1 Å². The van der Waals surface area contributed by atoms with Gasteiger partial charge >= 0.3 is 0 Å². The van der Waals surface area contributed by atoms with Gasteiger partial charge < -0.3 is 10.3 Å². The van der Waals surface area contributed by atoms with Gasteiger partial charge in [0.1, 0.15) is 5.65 Å². The van der Waals surface area contributed by atoms with E-state index >= 15 is 0 Å². The Morgan fingerprint density at radius 3 is 3.00 bits per heavy atom. The molecule has 1 unspecified atom stereocenters. The fourth-order valence-electron chi connectivity index (χ4n) is 4.51. The van der Waals surface area contributed by atoms with E-state index in [2.05, 4.69) is 40.4 Å². The molecule has 2 aromatic heterocycles. The summed E-state index contributed by atoms with van der Waals surface area (Å²) < 4.78 is 13.4. The summed E-state index contributed by atoms with van der Waals surface area (Å²) in [6, 6.07) is 7.29. The van der Waals surface area contributed by atoms with Crippen LogP contribution in [0.15, 0.2) is 30.6 Å². The summed E-state index contributed by atoms with van der Waals surface area (Å²) in [4.78, 5) is 7.84. The number of benzene rings is 1. The van der Waals surface area contributed by atoms with Gasteiger partial charge in [0, 0.05) is 42.5 Å². The van der Waals surface area contributed by atoms with Crippen LogP contribution in [0.1, 0.15) is 41.1 Å². The van der Waals surface area contributed by atoms with Crippen LogP contribution in [0.5, 0.6) is 0 Å². The van der Waals surface area contributed by atoms with Crippen molar-refractivity contribution in [1.29, 1.82) is 0 Å². The van der Waals surface area contributed by atoms with Crippen LogP contribution in [0, 0.1) is 6.92 Å². The summed E-state index contributed by atoms with van der Waals surface area (Å²) in [6.07, 6.45) is 7.34. The number of aromatic nitrogens is 2. The van der Waals surface area contributed by atoms with Crippen molar-refractivity contribution < 1.29 is 4.21 Å². The molecule has 2 aliphatic rings. The van der Waals surface area contributed by atoms with E-state index < -0.39 is 0 Å². The number of fused-ring (bicyclic) bond motifs is 2. The predicted molar refractivity (Wildman–Crippen MR) is 110 cm³/mol. The molecule has 3 aromatic rings. The molecule has 0 bridgehead atoms. The Morgan fingerprint density at radius 2 is 2.19 bits per heavy atom. The Labute approximate surface area is 162 Å². The molecule has 1 fully saturated rings. The lowest BCUT2D eigenvalue weighted by Crippen LogP contribution is -2.29. The van der Waals surface area contributed by atoms with Crippen LogP contribution in [0.2, 0.25) is 0 Å². The molecule has 2 N–H and O–H groups in total. The number of H-pyrrole nitrogens is 1. The minimum absolute atomic E-state index is 0.116. The number of thiol groups is 1. The van der Waals surface area contributed by atoms with Crippen molar-refractivity contribution in [1.82, 2.24) is 19.6 Å². The molecule has 0 amide bonds. The number of rotatable bonds is 3. The van der Waals surface area contributed by atoms with E-state index in [1.165, 1.54) is 46.0 Å². The van der Waals surface area contributed by atoms with Crippen LogP contribution >= 0.6 is 0 Å². The number of aromatic amines is 1. The third-order valence-corrected chi connectivity index (χ3v) is 6.54. The Balaban J connectivity index is 1.65. The van der Waals surface area contributed by atoms with Crippen molar-refractivity contribution in [3.63, 3.8) is 0 Å². The first kappa shape index (κ1) is 17.1. The van der Waals surface area contributed by atoms with Crippen molar-refractivity contribution in [3.8, 4) is 11.1 Å². The Bertz CT molecular complexity index is 1020. The summed E-state index contributed by atoms with van der Waals surface area (Å²) >= 11 is 0.116. The topological polar surface area (TPSA) is 61.0 Å². The number of pyridine rings is 1. The first-order valence-corrected chi connectivity index (χ1v) is 10.4. The van der Waals surface area contributed by atoms with E-state index in [4.69, 9.17) is 0 Å². The molecule has 5 nitrogen and oxygen atoms in total. The normalized spacial score (nSPS) is 20.3. The highest BCUT2D eigenvalue weighted by Crippen LogP contribution is 2.36. The lowest BCUT2D eigenvalue weighted by Gasteiger charge is -2.28. The maximum Gasteiger partial charge on any atom is 0.137 e. The quantitative estimate of drug-likeness (QED) is 0.612. The highest BCUT2D eigenvalue weighted by atomic mass is 32.2. The van der Waals surface area contributed by atoms with Crippen LogP contribution in [0.25, 0.3) is 22.2 Å². The molecule has 140 valence electrons. The van der Waals surface area contributed by atoms with E-state index in [0.29, 0.717) is 6.04 Å². The third kappa shape index (κ3) is 3.02. The predicted octanol–water partition coefficient (Wildman–Crippen LogP) is 3.18. The van der Waals surface area contributed by atoms with E-state index in [1.54, 1.807) is 0 Å².